The van der Waals surface area contributed by atoms with Crippen molar-refractivity contribution in [3.05, 3.63) is 124 Å². The van der Waals surface area contributed by atoms with Crippen LogP contribution >= 0.6 is 0 Å². The zero-order valence-electron chi connectivity index (χ0n) is 24.8. The monoisotopic (exact) mass is 659 g/mol. The average molecular weight is 660 g/mol. The van der Waals surface area contributed by atoms with Crippen LogP contribution in [0, 0.1) is 17.0 Å². The molecule has 0 unspecified atom stereocenters. The molecule has 0 bridgehead atoms. The van der Waals surface area contributed by atoms with Crippen molar-refractivity contribution in [1.29, 1.82) is 0 Å². The molecule has 242 valence electrons. The molecule has 0 spiro atoms. The van der Waals surface area contributed by atoms with E-state index in [0.29, 0.717) is 5.75 Å². The van der Waals surface area contributed by atoms with Crippen LogP contribution in [0.2, 0.25) is 0 Å². The zero-order chi connectivity index (χ0) is 34.0. The number of hydroxylamine groups is 1. The number of anilines is 2. The predicted octanol–water partition coefficient (Wildman–Crippen LogP) is 4.77. The number of aryl methyl sites for hydroxylation is 1. The molecular formula is C32H29N5O9S. The molecule has 0 aliphatic rings. The zero-order valence-corrected chi connectivity index (χ0v) is 25.6. The average Bonchev–Trinajstić information content (AvgIpc) is 3.04. The van der Waals surface area contributed by atoms with Gasteiger partial charge in [0.2, 0.25) is 11.8 Å². The minimum Gasteiger partial charge on any atom is -0.456 e. The van der Waals surface area contributed by atoms with Gasteiger partial charge < -0.3 is 15.4 Å². The van der Waals surface area contributed by atoms with Gasteiger partial charge in [0.1, 0.15) is 17.2 Å². The topological polar surface area (TPSA) is 206 Å². The molecule has 0 saturated heterocycles. The summed E-state index contributed by atoms with van der Waals surface area (Å²) in [5.74, 6) is -2.06. The van der Waals surface area contributed by atoms with Crippen LogP contribution in [0.4, 0.5) is 17.1 Å². The lowest BCUT2D eigenvalue weighted by atomic mass is 10.1. The van der Waals surface area contributed by atoms with E-state index in [1.54, 1.807) is 36.4 Å². The number of carbonyl (C=O) groups excluding carboxylic acids is 3. The van der Waals surface area contributed by atoms with Gasteiger partial charge in [-0.1, -0.05) is 42.5 Å². The predicted molar refractivity (Wildman–Crippen MR) is 173 cm³/mol. The lowest BCUT2D eigenvalue weighted by molar-refractivity contribution is -0.384. The molecule has 4 aromatic rings. The summed E-state index contributed by atoms with van der Waals surface area (Å²) in [6.07, 6.45) is 2.78. The summed E-state index contributed by atoms with van der Waals surface area (Å²) in [6, 6.07) is 22.8. The SMILES string of the molecule is Cc1ccccc1C=CC(=O)Nc1ccc(C(=O)NS(=O)(=O)c2ccc(NCCC(=O)NO)c([N+](=O)[O-])c2)c(Oc2ccccc2)c1. The molecule has 3 amide bonds. The maximum Gasteiger partial charge on any atom is 0.293 e. The highest BCUT2D eigenvalue weighted by atomic mass is 32.2. The number of hydrogen-bond acceptors (Lipinski definition) is 10. The lowest BCUT2D eigenvalue weighted by Gasteiger charge is -2.14. The maximum absolute atomic E-state index is 13.3. The van der Waals surface area contributed by atoms with E-state index in [-0.39, 0.29) is 35.7 Å². The van der Waals surface area contributed by atoms with E-state index in [0.717, 1.165) is 29.3 Å². The number of para-hydroxylation sites is 1. The Morgan fingerprint density at radius 3 is 2.38 bits per heavy atom. The van der Waals surface area contributed by atoms with Crippen molar-refractivity contribution in [3.63, 3.8) is 0 Å². The Morgan fingerprint density at radius 2 is 1.68 bits per heavy atom. The normalized spacial score (nSPS) is 11.0. The number of amides is 3. The second kappa shape index (κ2) is 15.3. The first kappa shape index (κ1) is 33.8. The molecule has 4 rings (SSSR count). The Hall–Kier alpha value is -6.06. The van der Waals surface area contributed by atoms with Crippen LogP contribution in [0.5, 0.6) is 11.5 Å². The first-order chi connectivity index (χ1) is 22.5. The van der Waals surface area contributed by atoms with Crippen molar-refractivity contribution in [3.8, 4) is 11.5 Å². The van der Waals surface area contributed by atoms with Crippen LogP contribution in [-0.4, -0.2) is 42.8 Å². The highest BCUT2D eigenvalue weighted by Gasteiger charge is 2.25. The summed E-state index contributed by atoms with van der Waals surface area (Å²) in [7, 11) is -4.64. The number of rotatable bonds is 13. The standard InChI is InChI=1S/C32H29N5O9S/c1-21-7-5-6-8-22(21)11-16-30(38)34-23-12-14-26(29(19-23)46-24-9-3-2-4-10-24)32(40)36-47(44,45)25-13-15-27(28(20-25)37(42)43)33-18-17-31(39)35-41/h2-16,19-20,33,41H,17-18H2,1H3,(H,34,38)(H,35,39)(H,36,40). The molecule has 0 aliphatic heterocycles. The van der Waals surface area contributed by atoms with E-state index in [1.807, 2.05) is 35.9 Å². The number of sulfonamides is 1. The minimum atomic E-state index is -4.64. The number of carbonyl (C=O) groups is 3. The molecule has 14 nitrogen and oxygen atoms in total. The van der Waals surface area contributed by atoms with E-state index >= 15 is 0 Å². The Bertz CT molecular complexity index is 1950. The molecular weight excluding hydrogens is 630 g/mol. The third kappa shape index (κ3) is 9.23. The lowest BCUT2D eigenvalue weighted by Crippen LogP contribution is -2.31. The number of hydrogen-bond donors (Lipinski definition) is 5. The van der Waals surface area contributed by atoms with Gasteiger partial charge in [-0.15, -0.1) is 0 Å². The van der Waals surface area contributed by atoms with Gasteiger partial charge in [0.25, 0.3) is 21.6 Å². The fourth-order valence-electron chi connectivity index (χ4n) is 4.19. The quantitative estimate of drug-likeness (QED) is 0.0575. The van der Waals surface area contributed by atoms with Crippen LogP contribution in [0.15, 0.2) is 102 Å². The molecule has 0 saturated carbocycles. The second-order valence-corrected chi connectivity index (χ2v) is 11.6. The number of benzene rings is 4. The van der Waals surface area contributed by atoms with Gasteiger partial charge in [0.05, 0.1) is 15.4 Å². The molecule has 0 aromatic heterocycles. The third-order valence-corrected chi connectivity index (χ3v) is 7.89. The summed E-state index contributed by atoms with van der Waals surface area (Å²) in [6.45, 7) is 1.81. The molecule has 15 heteroatoms. The molecule has 4 aromatic carbocycles. The van der Waals surface area contributed by atoms with Crippen LogP contribution in [-0.2, 0) is 19.6 Å². The Balaban J connectivity index is 1.57. The van der Waals surface area contributed by atoms with Gasteiger partial charge in [-0.3, -0.25) is 29.7 Å². The van der Waals surface area contributed by atoms with Gasteiger partial charge in [-0.2, -0.15) is 0 Å². The van der Waals surface area contributed by atoms with E-state index in [9.17, 15) is 32.9 Å². The summed E-state index contributed by atoms with van der Waals surface area (Å²) in [4.78, 5) is 47.4. The van der Waals surface area contributed by atoms with E-state index < -0.39 is 43.3 Å². The highest BCUT2D eigenvalue weighted by molar-refractivity contribution is 7.90. The number of nitro benzene ring substituents is 1. The summed E-state index contributed by atoms with van der Waals surface area (Å²) in [5, 5.41) is 25.6. The number of nitro groups is 1. The van der Waals surface area contributed by atoms with Gasteiger partial charge >= 0.3 is 0 Å². The van der Waals surface area contributed by atoms with Crippen molar-refractivity contribution in [2.24, 2.45) is 0 Å². The molecule has 0 radical (unpaired) electrons. The van der Waals surface area contributed by atoms with Gasteiger partial charge in [-0.05, 0) is 60.5 Å². The first-order valence-corrected chi connectivity index (χ1v) is 15.4. The van der Waals surface area contributed by atoms with Crippen LogP contribution in [0.25, 0.3) is 6.08 Å². The smallest absolute Gasteiger partial charge is 0.293 e. The van der Waals surface area contributed by atoms with Gasteiger partial charge in [0, 0.05) is 36.9 Å². The molecule has 0 heterocycles. The van der Waals surface area contributed by atoms with Crippen molar-refractivity contribution < 1.29 is 37.7 Å². The van der Waals surface area contributed by atoms with Crippen molar-refractivity contribution >= 4 is 50.9 Å². The fourth-order valence-corrected chi connectivity index (χ4v) is 5.18. The largest absolute Gasteiger partial charge is 0.456 e. The Labute approximate surface area is 269 Å². The molecule has 0 atom stereocenters. The van der Waals surface area contributed by atoms with Crippen LogP contribution < -0.4 is 25.6 Å². The van der Waals surface area contributed by atoms with Gasteiger partial charge in [0.15, 0.2) is 0 Å². The second-order valence-electron chi connectivity index (χ2n) is 9.89. The minimum absolute atomic E-state index is 0.0815. The fraction of sp³-hybridized carbons (Fsp3) is 0.0938. The maximum atomic E-state index is 13.3. The first-order valence-electron chi connectivity index (χ1n) is 13.9. The third-order valence-electron chi connectivity index (χ3n) is 6.56. The molecule has 0 aliphatic carbocycles. The highest BCUT2D eigenvalue weighted by Crippen LogP contribution is 2.31. The summed E-state index contributed by atoms with van der Waals surface area (Å²) in [5.41, 5.74) is 2.59. The molecule has 0 fully saturated rings. The van der Waals surface area contributed by atoms with Crippen LogP contribution in [0.1, 0.15) is 27.9 Å². The van der Waals surface area contributed by atoms with E-state index in [4.69, 9.17) is 9.94 Å². The number of nitrogens with zero attached hydrogens (tertiary/aromatic N) is 1. The molecule has 47 heavy (non-hydrogen) atoms. The van der Waals surface area contributed by atoms with Crippen molar-refractivity contribution in [1.82, 2.24) is 10.2 Å². The Morgan fingerprint density at radius 1 is 0.957 bits per heavy atom. The van der Waals surface area contributed by atoms with E-state index in [1.165, 1.54) is 29.8 Å². The van der Waals surface area contributed by atoms with E-state index in [2.05, 4.69) is 10.6 Å². The number of ether oxygens (including phenoxy) is 1. The molecule has 5 N–H and O–H groups in total. The van der Waals surface area contributed by atoms with Gasteiger partial charge in [-0.25, -0.2) is 18.6 Å². The summed E-state index contributed by atoms with van der Waals surface area (Å²) >= 11 is 0. The summed E-state index contributed by atoms with van der Waals surface area (Å²) < 4.78 is 34.1. The van der Waals surface area contributed by atoms with Crippen LogP contribution in [0.3, 0.4) is 0 Å². The number of nitrogens with one attached hydrogen (secondary N) is 4. The Kier molecular flexibility index (Phi) is 11.0. The van der Waals surface area contributed by atoms with Crippen molar-refractivity contribution in [2.45, 2.75) is 18.2 Å². The van der Waals surface area contributed by atoms with Crippen molar-refractivity contribution in [2.75, 3.05) is 17.2 Å².